The molecule has 0 aliphatic heterocycles. The molecule has 0 heterocycles. The van der Waals surface area contributed by atoms with E-state index in [2.05, 4.69) is 0 Å². The Hall–Kier alpha value is -1.87. The molecule has 0 N–H and O–H groups in total. The smallest absolute Gasteiger partial charge is 0.237 e. The summed E-state index contributed by atoms with van der Waals surface area (Å²) < 4.78 is 13.7. The summed E-state index contributed by atoms with van der Waals surface area (Å²) in [6.07, 6.45) is 0.720. The van der Waals surface area contributed by atoms with Crippen molar-refractivity contribution in [1.82, 2.24) is 4.90 Å². The van der Waals surface area contributed by atoms with Crippen molar-refractivity contribution in [2.24, 2.45) is 0 Å². The summed E-state index contributed by atoms with van der Waals surface area (Å²) in [7, 11) is 0. The maximum atomic E-state index is 13.7. The van der Waals surface area contributed by atoms with Crippen LogP contribution in [0, 0.1) is 5.82 Å². The van der Waals surface area contributed by atoms with Crippen LogP contribution in [0.15, 0.2) is 54.6 Å². The first-order valence-corrected chi connectivity index (χ1v) is 7.35. The SMILES string of the molecule is O=C(CCl)N(CCc1ccccc1)Cc1ccccc1F. The Morgan fingerprint density at radius 3 is 2.38 bits per heavy atom. The Balaban J connectivity index is 2.05. The number of carbonyl (C=O) groups is 1. The predicted molar refractivity (Wildman–Crippen MR) is 82.7 cm³/mol. The van der Waals surface area contributed by atoms with Gasteiger partial charge in [0.2, 0.25) is 5.91 Å². The summed E-state index contributed by atoms with van der Waals surface area (Å²) in [5, 5.41) is 0. The highest BCUT2D eigenvalue weighted by molar-refractivity contribution is 6.27. The van der Waals surface area contributed by atoms with Crippen molar-refractivity contribution >= 4 is 17.5 Å². The third-order valence-electron chi connectivity index (χ3n) is 3.30. The number of benzene rings is 2. The van der Waals surface area contributed by atoms with Crippen LogP contribution in [0.2, 0.25) is 0 Å². The van der Waals surface area contributed by atoms with Gasteiger partial charge in [0.25, 0.3) is 0 Å². The van der Waals surface area contributed by atoms with Crippen molar-refractivity contribution in [2.75, 3.05) is 12.4 Å². The van der Waals surface area contributed by atoms with Crippen molar-refractivity contribution in [1.29, 1.82) is 0 Å². The average Bonchev–Trinajstić information content (AvgIpc) is 2.53. The lowest BCUT2D eigenvalue weighted by Crippen LogP contribution is -2.33. The fraction of sp³-hybridized carbons (Fsp3) is 0.235. The molecule has 0 aliphatic carbocycles. The quantitative estimate of drug-likeness (QED) is 0.746. The maximum Gasteiger partial charge on any atom is 0.237 e. The molecule has 0 fully saturated rings. The number of amides is 1. The first kappa shape index (κ1) is 15.5. The highest BCUT2D eigenvalue weighted by Gasteiger charge is 2.14. The molecule has 2 aromatic carbocycles. The molecule has 0 radical (unpaired) electrons. The average molecular weight is 306 g/mol. The summed E-state index contributed by atoms with van der Waals surface area (Å²) in [4.78, 5) is 13.5. The molecular weight excluding hydrogens is 289 g/mol. The zero-order valence-corrected chi connectivity index (χ0v) is 12.4. The minimum absolute atomic E-state index is 0.0940. The van der Waals surface area contributed by atoms with Crippen LogP contribution in [0.3, 0.4) is 0 Å². The zero-order chi connectivity index (χ0) is 15.1. The van der Waals surface area contributed by atoms with E-state index in [1.807, 2.05) is 30.3 Å². The van der Waals surface area contributed by atoms with Crippen molar-refractivity contribution in [3.8, 4) is 0 Å². The third-order valence-corrected chi connectivity index (χ3v) is 3.53. The molecule has 0 unspecified atom stereocenters. The van der Waals surface area contributed by atoms with Crippen molar-refractivity contribution in [2.45, 2.75) is 13.0 Å². The van der Waals surface area contributed by atoms with Gasteiger partial charge < -0.3 is 4.90 Å². The van der Waals surface area contributed by atoms with Crippen LogP contribution in [0.1, 0.15) is 11.1 Å². The Kier molecular flexibility index (Phi) is 5.76. The standard InChI is InChI=1S/C17H17ClFNO/c18-12-17(21)20(11-10-14-6-2-1-3-7-14)13-15-8-4-5-9-16(15)19/h1-9H,10-13H2. The van der Waals surface area contributed by atoms with Gasteiger partial charge in [0, 0.05) is 18.7 Å². The number of halogens is 2. The van der Waals surface area contributed by atoms with E-state index in [4.69, 9.17) is 11.6 Å². The Morgan fingerprint density at radius 2 is 1.71 bits per heavy atom. The lowest BCUT2D eigenvalue weighted by Gasteiger charge is -2.22. The molecule has 0 saturated heterocycles. The summed E-state index contributed by atoms with van der Waals surface area (Å²) >= 11 is 5.65. The van der Waals surface area contributed by atoms with Crippen LogP contribution >= 0.6 is 11.6 Å². The van der Waals surface area contributed by atoms with E-state index >= 15 is 0 Å². The van der Waals surface area contributed by atoms with Gasteiger partial charge in [-0.1, -0.05) is 48.5 Å². The molecule has 0 aliphatic rings. The third kappa shape index (κ3) is 4.57. The Bertz CT molecular complexity index is 588. The highest BCUT2D eigenvalue weighted by Crippen LogP contribution is 2.11. The van der Waals surface area contributed by atoms with Gasteiger partial charge in [-0.05, 0) is 18.1 Å². The van der Waals surface area contributed by atoms with Gasteiger partial charge in [0.05, 0.1) is 0 Å². The molecule has 21 heavy (non-hydrogen) atoms. The minimum Gasteiger partial charge on any atom is -0.337 e. The minimum atomic E-state index is -0.301. The molecule has 1 amide bonds. The lowest BCUT2D eigenvalue weighted by atomic mass is 10.1. The van der Waals surface area contributed by atoms with Crippen LogP contribution in [-0.4, -0.2) is 23.2 Å². The van der Waals surface area contributed by atoms with Crippen LogP contribution in [-0.2, 0) is 17.8 Å². The molecule has 2 nitrogen and oxygen atoms in total. The fourth-order valence-electron chi connectivity index (χ4n) is 2.12. The van der Waals surface area contributed by atoms with Crippen LogP contribution in [0.5, 0.6) is 0 Å². The maximum absolute atomic E-state index is 13.7. The van der Waals surface area contributed by atoms with Crippen molar-refractivity contribution in [3.05, 3.63) is 71.5 Å². The van der Waals surface area contributed by atoms with Crippen LogP contribution in [0.25, 0.3) is 0 Å². The number of alkyl halides is 1. The second-order valence-corrected chi connectivity index (χ2v) is 5.04. The fourth-order valence-corrected chi connectivity index (χ4v) is 2.29. The van der Waals surface area contributed by atoms with E-state index in [-0.39, 0.29) is 24.1 Å². The van der Waals surface area contributed by atoms with E-state index in [9.17, 15) is 9.18 Å². The van der Waals surface area contributed by atoms with Crippen molar-refractivity contribution in [3.63, 3.8) is 0 Å². The number of rotatable bonds is 6. The second kappa shape index (κ2) is 7.79. The summed E-state index contributed by atoms with van der Waals surface area (Å²) in [5.74, 6) is -0.580. The molecule has 0 aromatic heterocycles. The zero-order valence-electron chi connectivity index (χ0n) is 11.6. The topological polar surface area (TPSA) is 20.3 Å². The first-order valence-electron chi connectivity index (χ1n) is 6.82. The Labute approximate surface area is 129 Å². The molecule has 0 bridgehead atoms. The summed E-state index contributed by atoms with van der Waals surface area (Å²) in [6, 6.07) is 16.4. The van der Waals surface area contributed by atoms with Crippen LogP contribution < -0.4 is 0 Å². The van der Waals surface area contributed by atoms with Gasteiger partial charge in [0.1, 0.15) is 11.7 Å². The molecule has 0 atom stereocenters. The van der Waals surface area contributed by atoms with E-state index in [1.165, 1.54) is 6.07 Å². The molecule has 2 aromatic rings. The highest BCUT2D eigenvalue weighted by atomic mass is 35.5. The van der Waals surface area contributed by atoms with Gasteiger partial charge >= 0.3 is 0 Å². The second-order valence-electron chi connectivity index (χ2n) is 4.78. The largest absolute Gasteiger partial charge is 0.337 e. The Morgan fingerprint density at radius 1 is 1.05 bits per heavy atom. The van der Waals surface area contributed by atoms with Gasteiger partial charge in [-0.2, -0.15) is 0 Å². The number of hydrogen-bond donors (Lipinski definition) is 0. The molecule has 110 valence electrons. The molecule has 0 spiro atoms. The number of nitrogens with zero attached hydrogens (tertiary/aromatic N) is 1. The first-order chi connectivity index (χ1) is 10.2. The van der Waals surface area contributed by atoms with E-state index < -0.39 is 0 Å². The summed E-state index contributed by atoms with van der Waals surface area (Å²) in [5.41, 5.74) is 1.64. The van der Waals surface area contributed by atoms with Crippen molar-refractivity contribution < 1.29 is 9.18 Å². The molecule has 4 heteroatoms. The van der Waals surface area contributed by atoms with Gasteiger partial charge in [0.15, 0.2) is 0 Å². The lowest BCUT2D eigenvalue weighted by molar-refractivity contribution is -0.129. The van der Waals surface area contributed by atoms with Gasteiger partial charge in [-0.25, -0.2) is 4.39 Å². The number of hydrogen-bond acceptors (Lipinski definition) is 1. The van der Waals surface area contributed by atoms with E-state index in [0.29, 0.717) is 12.1 Å². The predicted octanol–water partition coefficient (Wildman–Crippen LogP) is 3.64. The summed E-state index contributed by atoms with van der Waals surface area (Å²) in [6.45, 7) is 0.759. The normalized spacial score (nSPS) is 10.4. The molecule has 0 saturated carbocycles. The molecular formula is C17H17ClFNO. The van der Waals surface area contributed by atoms with E-state index in [1.54, 1.807) is 23.1 Å². The van der Waals surface area contributed by atoms with Crippen LogP contribution in [0.4, 0.5) is 4.39 Å². The van der Waals surface area contributed by atoms with E-state index in [0.717, 1.165) is 12.0 Å². The van der Waals surface area contributed by atoms with Gasteiger partial charge in [-0.3, -0.25) is 4.79 Å². The van der Waals surface area contributed by atoms with Gasteiger partial charge in [-0.15, -0.1) is 11.6 Å². The molecule has 2 rings (SSSR count). The monoisotopic (exact) mass is 305 g/mol. The number of carbonyl (C=O) groups excluding carboxylic acids is 1.